The normalized spacial score (nSPS) is 23.1. The molecule has 1 saturated carbocycles. The van der Waals surface area contributed by atoms with Crippen LogP contribution < -0.4 is 11.1 Å². The van der Waals surface area contributed by atoms with Gasteiger partial charge in [0.25, 0.3) is 0 Å². The highest BCUT2D eigenvalue weighted by Crippen LogP contribution is 2.30. The molecule has 0 bridgehead atoms. The average molecular weight is 262 g/mol. The molecule has 0 heterocycles. The predicted molar refractivity (Wildman–Crippen MR) is 75.5 cm³/mol. The first kappa shape index (κ1) is 14.0. The number of rotatable bonds is 4. The predicted octanol–water partition coefficient (Wildman–Crippen LogP) is 1.88. The number of nitrogens with one attached hydrogen (secondary N) is 1. The average Bonchev–Trinajstić information content (AvgIpc) is 2.47. The summed E-state index contributed by atoms with van der Waals surface area (Å²) in [6.45, 7) is 0.501. The van der Waals surface area contributed by atoms with Crippen molar-refractivity contribution >= 4 is 11.6 Å². The Hall–Kier alpha value is -1.39. The van der Waals surface area contributed by atoms with E-state index in [1.807, 2.05) is 24.3 Å². The van der Waals surface area contributed by atoms with E-state index in [0.29, 0.717) is 12.2 Å². The van der Waals surface area contributed by atoms with Gasteiger partial charge in [0, 0.05) is 17.2 Å². The lowest BCUT2D eigenvalue weighted by atomic mass is 9.78. The fourth-order valence-corrected chi connectivity index (χ4v) is 2.84. The summed E-state index contributed by atoms with van der Waals surface area (Å²) in [6.07, 6.45) is 4.21. The third-order valence-electron chi connectivity index (χ3n) is 3.99. The zero-order valence-corrected chi connectivity index (χ0v) is 11.1. The molecule has 1 aromatic rings. The van der Waals surface area contributed by atoms with Crippen molar-refractivity contribution in [1.82, 2.24) is 0 Å². The lowest BCUT2D eigenvalue weighted by Crippen LogP contribution is -2.35. The number of hydrogen-bond donors (Lipinski definition) is 3. The van der Waals surface area contributed by atoms with Crippen molar-refractivity contribution in [3.63, 3.8) is 0 Å². The topological polar surface area (TPSA) is 75.4 Å². The van der Waals surface area contributed by atoms with E-state index in [1.54, 1.807) is 0 Å². The molecule has 0 aromatic heterocycles. The number of nitrogens with two attached hydrogens (primary N) is 1. The number of hydrogen-bond acceptors (Lipinski definition) is 3. The minimum Gasteiger partial charge on any atom is -0.392 e. The van der Waals surface area contributed by atoms with Crippen LogP contribution in [-0.4, -0.2) is 17.6 Å². The van der Waals surface area contributed by atoms with Gasteiger partial charge in [-0.2, -0.15) is 0 Å². The molecule has 1 aliphatic rings. The van der Waals surface area contributed by atoms with E-state index in [9.17, 15) is 9.90 Å². The van der Waals surface area contributed by atoms with Crippen LogP contribution >= 0.6 is 0 Å². The van der Waals surface area contributed by atoms with Crippen molar-refractivity contribution in [2.75, 3.05) is 11.9 Å². The minimum absolute atomic E-state index is 0.00509. The Labute approximate surface area is 114 Å². The van der Waals surface area contributed by atoms with Crippen LogP contribution in [0.25, 0.3) is 0 Å². The molecule has 4 N–H and O–H groups in total. The summed E-state index contributed by atoms with van der Waals surface area (Å²) in [5.74, 6) is 0.330. The first-order chi connectivity index (χ1) is 9.26. The highest BCUT2D eigenvalue weighted by molar-refractivity contribution is 5.93. The molecule has 2 rings (SSSR count). The van der Waals surface area contributed by atoms with E-state index >= 15 is 0 Å². The van der Waals surface area contributed by atoms with Crippen molar-refractivity contribution in [2.45, 2.75) is 32.3 Å². The monoisotopic (exact) mass is 262 g/mol. The molecule has 1 fully saturated rings. The quantitative estimate of drug-likeness (QED) is 0.775. The van der Waals surface area contributed by atoms with Crippen molar-refractivity contribution in [1.29, 1.82) is 0 Å². The second-order valence-electron chi connectivity index (χ2n) is 5.19. The van der Waals surface area contributed by atoms with Crippen LogP contribution in [0.2, 0.25) is 0 Å². The summed E-state index contributed by atoms with van der Waals surface area (Å²) in [4.78, 5) is 12.4. The standard InChI is InChI=1S/C15H22N2O2/c16-9-11-5-1-3-7-13(11)15(19)17-14-8-4-2-6-12(14)10-18/h2,4,6,8,11,13,18H,1,3,5,7,9-10,16H2,(H,17,19). The summed E-state index contributed by atoms with van der Waals surface area (Å²) in [5, 5.41) is 12.2. The van der Waals surface area contributed by atoms with Gasteiger partial charge in [-0.15, -0.1) is 0 Å². The number of amides is 1. The molecule has 1 amide bonds. The summed E-state index contributed by atoms with van der Waals surface area (Å²) < 4.78 is 0. The van der Waals surface area contributed by atoms with Crippen LogP contribution in [-0.2, 0) is 11.4 Å². The van der Waals surface area contributed by atoms with Crippen LogP contribution in [0.15, 0.2) is 24.3 Å². The van der Waals surface area contributed by atoms with Gasteiger partial charge < -0.3 is 16.2 Å². The fourth-order valence-electron chi connectivity index (χ4n) is 2.84. The Kier molecular flexibility index (Phi) is 4.93. The maximum absolute atomic E-state index is 12.4. The lowest BCUT2D eigenvalue weighted by molar-refractivity contribution is -0.122. The molecule has 4 heteroatoms. The van der Waals surface area contributed by atoms with Crippen molar-refractivity contribution in [2.24, 2.45) is 17.6 Å². The smallest absolute Gasteiger partial charge is 0.227 e. The Morgan fingerprint density at radius 3 is 2.79 bits per heavy atom. The summed E-state index contributed by atoms with van der Waals surface area (Å²) in [6, 6.07) is 7.35. The fraction of sp³-hybridized carbons (Fsp3) is 0.533. The van der Waals surface area contributed by atoms with Crippen LogP contribution in [0.4, 0.5) is 5.69 Å². The zero-order valence-electron chi connectivity index (χ0n) is 11.1. The van der Waals surface area contributed by atoms with Crippen LogP contribution in [0.3, 0.4) is 0 Å². The largest absolute Gasteiger partial charge is 0.392 e. The molecule has 0 radical (unpaired) electrons. The van der Waals surface area contributed by atoms with Crippen molar-refractivity contribution in [3.05, 3.63) is 29.8 Å². The van der Waals surface area contributed by atoms with Crippen molar-refractivity contribution < 1.29 is 9.90 Å². The Morgan fingerprint density at radius 1 is 1.32 bits per heavy atom. The van der Waals surface area contributed by atoms with Gasteiger partial charge in [0.05, 0.1) is 6.61 Å². The third kappa shape index (κ3) is 3.33. The first-order valence-electron chi connectivity index (χ1n) is 6.96. The molecule has 2 atom stereocenters. The minimum atomic E-state index is -0.0680. The number of carbonyl (C=O) groups excluding carboxylic acids is 1. The first-order valence-corrected chi connectivity index (χ1v) is 6.96. The van der Waals surface area contributed by atoms with E-state index in [2.05, 4.69) is 5.32 Å². The van der Waals surface area contributed by atoms with Gasteiger partial charge in [-0.3, -0.25) is 4.79 Å². The van der Waals surface area contributed by atoms with Gasteiger partial charge >= 0.3 is 0 Å². The van der Waals surface area contributed by atoms with Crippen LogP contribution in [0.1, 0.15) is 31.2 Å². The summed E-state index contributed by atoms with van der Waals surface area (Å²) in [7, 11) is 0. The second kappa shape index (κ2) is 6.68. The van der Waals surface area contributed by atoms with Gasteiger partial charge in [-0.1, -0.05) is 31.0 Å². The highest BCUT2D eigenvalue weighted by Gasteiger charge is 2.30. The molecule has 0 spiro atoms. The number of aliphatic hydroxyl groups excluding tert-OH is 1. The summed E-state index contributed by atoms with van der Waals surface area (Å²) in [5.41, 5.74) is 7.21. The Morgan fingerprint density at radius 2 is 2.05 bits per heavy atom. The summed E-state index contributed by atoms with van der Waals surface area (Å²) >= 11 is 0. The SMILES string of the molecule is NCC1CCCCC1C(=O)Nc1ccccc1CO. The van der Waals surface area contributed by atoms with Gasteiger partial charge in [-0.25, -0.2) is 0 Å². The van der Waals surface area contributed by atoms with E-state index in [0.717, 1.165) is 24.8 Å². The molecule has 104 valence electrons. The molecule has 1 aromatic carbocycles. The number of carbonyl (C=O) groups is 1. The van der Waals surface area contributed by atoms with Gasteiger partial charge in [0.15, 0.2) is 0 Å². The molecule has 0 aliphatic heterocycles. The van der Waals surface area contributed by atoms with Gasteiger partial charge in [0.1, 0.15) is 0 Å². The third-order valence-corrected chi connectivity index (χ3v) is 3.99. The van der Waals surface area contributed by atoms with Crippen molar-refractivity contribution in [3.8, 4) is 0 Å². The maximum Gasteiger partial charge on any atom is 0.227 e. The highest BCUT2D eigenvalue weighted by atomic mass is 16.3. The second-order valence-corrected chi connectivity index (χ2v) is 5.19. The molecule has 19 heavy (non-hydrogen) atoms. The van der Waals surface area contributed by atoms with Gasteiger partial charge in [-0.05, 0) is 31.4 Å². The molecule has 1 aliphatic carbocycles. The van der Waals surface area contributed by atoms with E-state index in [4.69, 9.17) is 5.73 Å². The van der Waals surface area contributed by atoms with E-state index < -0.39 is 0 Å². The van der Waals surface area contributed by atoms with Gasteiger partial charge in [0.2, 0.25) is 5.91 Å². The molecule has 4 nitrogen and oxygen atoms in total. The molecular formula is C15H22N2O2. The maximum atomic E-state index is 12.4. The molecular weight excluding hydrogens is 240 g/mol. The number of aliphatic hydroxyl groups is 1. The van der Waals surface area contributed by atoms with Crippen LogP contribution in [0, 0.1) is 11.8 Å². The Bertz CT molecular complexity index is 434. The number of para-hydroxylation sites is 1. The Balaban J connectivity index is 2.07. The zero-order chi connectivity index (χ0) is 13.7. The number of anilines is 1. The molecule has 2 unspecified atom stereocenters. The van der Waals surface area contributed by atoms with E-state index in [1.165, 1.54) is 6.42 Å². The lowest BCUT2D eigenvalue weighted by Gasteiger charge is -2.29. The molecule has 0 saturated heterocycles. The van der Waals surface area contributed by atoms with Crippen LogP contribution in [0.5, 0.6) is 0 Å². The number of benzene rings is 1. The van der Waals surface area contributed by atoms with E-state index in [-0.39, 0.29) is 24.3 Å².